The van der Waals surface area contributed by atoms with E-state index in [-0.39, 0.29) is 16.9 Å². The fourth-order valence-electron chi connectivity index (χ4n) is 1.80. The van der Waals surface area contributed by atoms with E-state index in [1.54, 1.807) is 6.07 Å². The zero-order chi connectivity index (χ0) is 14.7. The number of carbonyl (C=O) groups excluding carboxylic acids is 2. The van der Waals surface area contributed by atoms with Crippen LogP contribution >= 0.6 is 0 Å². The summed E-state index contributed by atoms with van der Waals surface area (Å²) >= 11 is 0. The molecule has 4 nitrogen and oxygen atoms in total. The Kier molecular flexibility index (Phi) is 3.79. The van der Waals surface area contributed by atoms with Crippen molar-refractivity contribution >= 4 is 12.3 Å². The van der Waals surface area contributed by atoms with Crippen LogP contribution in [0.4, 0.5) is 4.39 Å². The van der Waals surface area contributed by atoms with E-state index in [0.717, 1.165) is 6.07 Å². The summed E-state index contributed by atoms with van der Waals surface area (Å²) in [5, 5.41) is 9.44. The number of halogens is 1. The number of phenolic OH excluding ortho intramolecular Hbond substituents is 1. The normalized spacial score (nSPS) is 10.1. The number of ether oxygens (including phenoxy) is 1. The van der Waals surface area contributed by atoms with Crippen LogP contribution in [-0.4, -0.2) is 24.5 Å². The van der Waals surface area contributed by atoms with E-state index in [1.165, 1.54) is 31.4 Å². The van der Waals surface area contributed by atoms with E-state index >= 15 is 0 Å². The van der Waals surface area contributed by atoms with Crippen LogP contribution in [0, 0.1) is 5.82 Å². The number of hydrogen-bond donors (Lipinski definition) is 1. The fraction of sp³-hybridized carbons (Fsp3) is 0.0667. The number of rotatable bonds is 3. The van der Waals surface area contributed by atoms with Gasteiger partial charge in [0.25, 0.3) is 0 Å². The third-order valence-corrected chi connectivity index (χ3v) is 2.86. The van der Waals surface area contributed by atoms with Gasteiger partial charge in [-0.25, -0.2) is 9.18 Å². The zero-order valence-electron chi connectivity index (χ0n) is 10.6. The predicted molar refractivity (Wildman–Crippen MR) is 70.2 cm³/mol. The lowest BCUT2D eigenvalue weighted by Gasteiger charge is -2.07. The summed E-state index contributed by atoms with van der Waals surface area (Å²) in [4.78, 5) is 22.2. The number of phenols is 1. The summed E-state index contributed by atoms with van der Waals surface area (Å²) in [7, 11) is 1.17. The van der Waals surface area contributed by atoms with Crippen molar-refractivity contribution in [3.05, 3.63) is 53.3 Å². The third kappa shape index (κ3) is 2.51. The van der Waals surface area contributed by atoms with Crippen LogP contribution in [0.15, 0.2) is 36.4 Å². The van der Waals surface area contributed by atoms with Gasteiger partial charge in [0.05, 0.1) is 18.2 Å². The Labute approximate surface area is 114 Å². The van der Waals surface area contributed by atoms with E-state index in [2.05, 4.69) is 4.74 Å². The Morgan fingerprint density at radius 3 is 2.50 bits per heavy atom. The van der Waals surface area contributed by atoms with Gasteiger partial charge >= 0.3 is 5.97 Å². The standard InChI is InChI=1S/C15H11FO4/c1-20-15(19)12-7-10(2-4-13(12)16)9-3-5-14(18)11(6-9)8-17/h2-8,18H,1H3. The molecule has 0 amide bonds. The Bertz CT molecular complexity index is 680. The third-order valence-electron chi connectivity index (χ3n) is 2.86. The van der Waals surface area contributed by atoms with Gasteiger partial charge in [0.2, 0.25) is 0 Å². The Morgan fingerprint density at radius 2 is 1.85 bits per heavy atom. The lowest BCUT2D eigenvalue weighted by molar-refractivity contribution is 0.0595. The molecule has 0 bridgehead atoms. The SMILES string of the molecule is COC(=O)c1cc(-c2ccc(O)c(C=O)c2)ccc1F. The molecule has 0 heterocycles. The molecule has 2 aromatic rings. The maximum atomic E-state index is 13.5. The van der Waals surface area contributed by atoms with Crippen molar-refractivity contribution in [1.82, 2.24) is 0 Å². The summed E-state index contributed by atoms with van der Waals surface area (Å²) in [6, 6.07) is 8.34. The first kappa shape index (κ1) is 13.7. The first-order valence-electron chi connectivity index (χ1n) is 5.73. The molecule has 2 aromatic carbocycles. The van der Waals surface area contributed by atoms with Crippen LogP contribution < -0.4 is 0 Å². The minimum atomic E-state index is -0.779. The lowest BCUT2D eigenvalue weighted by Crippen LogP contribution is -2.04. The largest absolute Gasteiger partial charge is 0.507 e. The van der Waals surface area contributed by atoms with Crippen LogP contribution in [0.25, 0.3) is 11.1 Å². The Balaban J connectivity index is 2.53. The average Bonchev–Trinajstić information content (AvgIpc) is 2.47. The Morgan fingerprint density at radius 1 is 1.20 bits per heavy atom. The first-order chi connectivity index (χ1) is 9.56. The summed E-state index contributed by atoms with van der Waals surface area (Å²) in [6.07, 6.45) is 0.517. The predicted octanol–water partition coefficient (Wildman–Crippen LogP) is 2.80. The molecule has 0 unspecified atom stereocenters. The van der Waals surface area contributed by atoms with E-state index < -0.39 is 11.8 Å². The molecule has 5 heteroatoms. The second-order valence-corrected chi connectivity index (χ2v) is 4.08. The Hall–Kier alpha value is -2.69. The van der Waals surface area contributed by atoms with Gasteiger partial charge in [-0.1, -0.05) is 12.1 Å². The van der Waals surface area contributed by atoms with Crippen molar-refractivity contribution in [2.75, 3.05) is 7.11 Å². The number of aldehydes is 1. The monoisotopic (exact) mass is 274 g/mol. The quantitative estimate of drug-likeness (QED) is 0.690. The molecular weight excluding hydrogens is 263 g/mol. The van der Waals surface area contributed by atoms with E-state index in [4.69, 9.17) is 0 Å². The van der Waals surface area contributed by atoms with E-state index in [9.17, 15) is 19.1 Å². The molecule has 2 rings (SSSR count). The molecule has 0 aliphatic heterocycles. The molecule has 0 saturated carbocycles. The number of esters is 1. The van der Waals surface area contributed by atoms with E-state index in [1.807, 2.05) is 0 Å². The van der Waals surface area contributed by atoms with E-state index in [0.29, 0.717) is 17.4 Å². The van der Waals surface area contributed by atoms with Crippen molar-refractivity contribution in [2.24, 2.45) is 0 Å². The van der Waals surface area contributed by atoms with Crippen molar-refractivity contribution in [3.63, 3.8) is 0 Å². The van der Waals surface area contributed by atoms with Crippen LogP contribution in [-0.2, 0) is 4.74 Å². The maximum Gasteiger partial charge on any atom is 0.340 e. The second-order valence-electron chi connectivity index (χ2n) is 4.08. The average molecular weight is 274 g/mol. The molecule has 0 atom stereocenters. The van der Waals surface area contributed by atoms with Crippen molar-refractivity contribution in [3.8, 4) is 16.9 Å². The highest BCUT2D eigenvalue weighted by atomic mass is 19.1. The molecule has 1 N–H and O–H groups in total. The molecule has 0 fully saturated rings. The molecule has 0 aliphatic rings. The number of carbonyl (C=O) groups is 2. The molecule has 102 valence electrons. The van der Waals surface area contributed by atoms with Gasteiger partial charge in [0.15, 0.2) is 6.29 Å². The van der Waals surface area contributed by atoms with Gasteiger partial charge in [0, 0.05) is 0 Å². The van der Waals surface area contributed by atoms with Crippen molar-refractivity contribution in [1.29, 1.82) is 0 Å². The van der Waals surface area contributed by atoms with Crippen molar-refractivity contribution < 1.29 is 23.8 Å². The summed E-state index contributed by atoms with van der Waals surface area (Å²) in [5.41, 5.74) is 1.04. The maximum absolute atomic E-state index is 13.5. The van der Waals surface area contributed by atoms with Crippen LogP contribution in [0.2, 0.25) is 0 Å². The molecule has 0 saturated heterocycles. The van der Waals surface area contributed by atoms with Crippen LogP contribution in [0.5, 0.6) is 5.75 Å². The van der Waals surface area contributed by atoms with Gasteiger partial charge < -0.3 is 9.84 Å². The van der Waals surface area contributed by atoms with Gasteiger partial charge in [-0.15, -0.1) is 0 Å². The smallest absolute Gasteiger partial charge is 0.340 e. The van der Waals surface area contributed by atoms with Crippen molar-refractivity contribution in [2.45, 2.75) is 0 Å². The first-order valence-corrected chi connectivity index (χ1v) is 5.73. The van der Waals surface area contributed by atoms with Crippen LogP contribution in [0.3, 0.4) is 0 Å². The molecular formula is C15H11FO4. The number of methoxy groups -OCH3 is 1. The van der Waals surface area contributed by atoms with Gasteiger partial charge in [-0.3, -0.25) is 4.79 Å². The minimum Gasteiger partial charge on any atom is -0.507 e. The highest BCUT2D eigenvalue weighted by Crippen LogP contribution is 2.26. The molecule has 20 heavy (non-hydrogen) atoms. The number of benzene rings is 2. The fourth-order valence-corrected chi connectivity index (χ4v) is 1.80. The zero-order valence-corrected chi connectivity index (χ0v) is 10.6. The van der Waals surface area contributed by atoms with Crippen LogP contribution in [0.1, 0.15) is 20.7 Å². The highest BCUT2D eigenvalue weighted by molar-refractivity contribution is 5.91. The molecule has 0 aromatic heterocycles. The second kappa shape index (κ2) is 5.52. The molecule has 0 spiro atoms. The molecule has 0 radical (unpaired) electrons. The number of aromatic hydroxyl groups is 1. The summed E-state index contributed by atoms with van der Waals surface area (Å²) in [5.74, 6) is -1.60. The summed E-state index contributed by atoms with van der Waals surface area (Å²) in [6.45, 7) is 0. The van der Waals surface area contributed by atoms with Gasteiger partial charge in [-0.2, -0.15) is 0 Å². The van der Waals surface area contributed by atoms with Gasteiger partial charge in [0.1, 0.15) is 11.6 Å². The molecule has 0 aliphatic carbocycles. The lowest BCUT2D eigenvalue weighted by atomic mass is 10.0. The highest BCUT2D eigenvalue weighted by Gasteiger charge is 2.14. The minimum absolute atomic E-state index is 0.117. The number of hydrogen-bond acceptors (Lipinski definition) is 4. The summed E-state index contributed by atoms with van der Waals surface area (Å²) < 4.78 is 18.0. The van der Waals surface area contributed by atoms with Gasteiger partial charge in [-0.05, 0) is 35.4 Å². The topological polar surface area (TPSA) is 63.6 Å².